The molecule has 1 unspecified atom stereocenters. The first-order valence-electron chi connectivity index (χ1n) is 7.76. The first kappa shape index (κ1) is 20.2. The summed E-state index contributed by atoms with van der Waals surface area (Å²) in [6.07, 6.45) is 0.504. The molecule has 9 heteroatoms. The zero-order valence-corrected chi connectivity index (χ0v) is 15.4. The molecular weight excluding hydrogens is 383 g/mol. The van der Waals surface area contributed by atoms with E-state index in [1.165, 1.54) is 24.3 Å². The number of benzene rings is 2. The van der Waals surface area contributed by atoms with Crippen molar-refractivity contribution in [1.29, 1.82) is 0 Å². The van der Waals surface area contributed by atoms with E-state index in [0.29, 0.717) is 6.42 Å². The van der Waals surface area contributed by atoms with Crippen molar-refractivity contribution in [2.75, 3.05) is 11.3 Å². The van der Waals surface area contributed by atoms with Crippen LogP contribution in [0.2, 0.25) is 5.02 Å². The van der Waals surface area contributed by atoms with Gasteiger partial charge in [-0.1, -0.05) is 18.5 Å². The van der Waals surface area contributed by atoms with Gasteiger partial charge in [0.25, 0.3) is 15.9 Å². The lowest BCUT2D eigenvalue weighted by Crippen LogP contribution is -2.37. The number of hydrogen-bond acceptors (Lipinski definition) is 4. The second-order valence-electron chi connectivity index (χ2n) is 5.52. The molecule has 2 aromatic carbocycles. The van der Waals surface area contributed by atoms with Crippen LogP contribution in [-0.4, -0.2) is 32.1 Å². The molecule has 0 aromatic heterocycles. The van der Waals surface area contributed by atoms with E-state index in [0.717, 1.165) is 18.2 Å². The van der Waals surface area contributed by atoms with E-state index in [9.17, 15) is 22.7 Å². The minimum atomic E-state index is -4.00. The van der Waals surface area contributed by atoms with Crippen LogP contribution in [0, 0.1) is 5.82 Å². The van der Waals surface area contributed by atoms with Gasteiger partial charge in [-0.05, 0) is 48.9 Å². The summed E-state index contributed by atoms with van der Waals surface area (Å²) in [4.78, 5) is 12.1. The second kappa shape index (κ2) is 8.48. The van der Waals surface area contributed by atoms with Crippen LogP contribution in [0.1, 0.15) is 23.7 Å². The molecule has 0 aliphatic carbocycles. The maximum Gasteiger partial charge on any atom is 0.261 e. The fourth-order valence-corrected chi connectivity index (χ4v) is 3.41. The Hall–Kier alpha value is -2.16. The molecule has 0 fully saturated rings. The molecule has 0 radical (unpaired) electrons. The zero-order chi connectivity index (χ0) is 19.3. The van der Waals surface area contributed by atoms with Crippen LogP contribution in [0.4, 0.5) is 10.1 Å². The molecule has 0 spiro atoms. The minimum absolute atomic E-state index is 0.0273. The van der Waals surface area contributed by atoms with Crippen LogP contribution in [0.5, 0.6) is 0 Å². The van der Waals surface area contributed by atoms with Crippen molar-refractivity contribution in [3.63, 3.8) is 0 Å². The number of amides is 1. The van der Waals surface area contributed by atoms with Gasteiger partial charge in [0.05, 0.1) is 28.1 Å². The van der Waals surface area contributed by atoms with Crippen LogP contribution < -0.4 is 10.0 Å². The van der Waals surface area contributed by atoms with Gasteiger partial charge >= 0.3 is 0 Å². The summed E-state index contributed by atoms with van der Waals surface area (Å²) in [6.45, 7) is 1.54. The van der Waals surface area contributed by atoms with Gasteiger partial charge in [0.2, 0.25) is 0 Å². The van der Waals surface area contributed by atoms with Crippen molar-refractivity contribution >= 4 is 33.2 Å². The highest BCUT2D eigenvalue weighted by molar-refractivity contribution is 7.92. The normalized spacial score (nSPS) is 12.5. The Labute approximate surface area is 156 Å². The second-order valence-corrected chi connectivity index (χ2v) is 7.60. The molecule has 140 valence electrons. The van der Waals surface area contributed by atoms with Crippen LogP contribution in [0.25, 0.3) is 0 Å². The van der Waals surface area contributed by atoms with Crippen LogP contribution in [-0.2, 0) is 10.0 Å². The van der Waals surface area contributed by atoms with Crippen molar-refractivity contribution in [3.05, 3.63) is 58.9 Å². The third-order valence-electron chi connectivity index (χ3n) is 3.64. The molecule has 1 amide bonds. The Bertz CT molecular complexity index is 884. The van der Waals surface area contributed by atoms with Crippen LogP contribution >= 0.6 is 11.6 Å². The lowest BCUT2D eigenvalue weighted by atomic mass is 10.1. The van der Waals surface area contributed by atoms with E-state index in [-0.39, 0.29) is 27.8 Å². The summed E-state index contributed by atoms with van der Waals surface area (Å²) < 4.78 is 40.2. The van der Waals surface area contributed by atoms with Gasteiger partial charge in [-0.25, -0.2) is 12.8 Å². The Morgan fingerprint density at radius 3 is 2.46 bits per heavy atom. The van der Waals surface area contributed by atoms with E-state index in [1.807, 2.05) is 0 Å². The Kier molecular flexibility index (Phi) is 6.57. The molecule has 0 saturated carbocycles. The van der Waals surface area contributed by atoms with Gasteiger partial charge in [0.15, 0.2) is 0 Å². The number of sulfonamides is 1. The van der Waals surface area contributed by atoms with Crippen molar-refractivity contribution in [2.24, 2.45) is 0 Å². The number of halogens is 2. The summed E-state index contributed by atoms with van der Waals surface area (Å²) in [7, 11) is -4.00. The number of nitrogens with one attached hydrogen (secondary N) is 2. The standard InChI is InChI=1S/C17H18ClFN2O4S/c1-2-12(10-22)20-17(23)15-9-14(7-8-16(15)18)26(24,25)21-13-5-3-11(19)4-6-13/h3-9,12,21-22H,2,10H2,1H3,(H,20,23). The largest absolute Gasteiger partial charge is 0.394 e. The van der Waals surface area contributed by atoms with E-state index in [4.69, 9.17) is 11.6 Å². The number of aliphatic hydroxyl groups is 1. The van der Waals surface area contributed by atoms with E-state index in [1.54, 1.807) is 6.92 Å². The molecule has 0 bridgehead atoms. The lowest BCUT2D eigenvalue weighted by Gasteiger charge is -2.15. The number of anilines is 1. The van der Waals surface area contributed by atoms with Gasteiger partial charge in [-0.3, -0.25) is 9.52 Å². The van der Waals surface area contributed by atoms with Gasteiger partial charge < -0.3 is 10.4 Å². The topological polar surface area (TPSA) is 95.5 Å². The number of rotatable bonds is 7. The third kappa shape index (κ3) is 4.94. The summed E-state index contributed by atoms with van der Waals surface area (Å²) >= 11 is 6.01. The molecule has 6 nitrogen and oxygen atoms in total. The van der Waals surface area contributed by atoms with Gasteiger partial charge in [-0.2, -0.15) is 0 Å². The Balaban J connectivity index is 2.29. The van der Waals surface area contributed by atoms with Crippen molar-refractivity contribution < 1.29 is 22.7 Å². The third-order valence-corrected chi connectivity index (χ3v) is 5.35. The molecule has 0 aliphatic rings. The quantitative estimate of drug-likeness (QED) is 0.666. The molecule has 0 saturated heterocycles. The number of aliphatic hydroxyl groups excluding tert-OH is 1. The lowest BCUT2D eigenvalue weighted by molar-refractivity contribution is 0.0915. The zero-order valence-electron chi connectivity index (χ0n) is 13.9. The highest BCUT2D eigenvalue weighted by Gasteiger charge is 2.20. The van der Waals surface area contributed by atoms with Crippen LogP contribution in [0.15, 0.2) is 47.4 Å². The summed E-state index contributed by atoms with van der Waals surface area (Å²) in [5, 5.41) is 11.8. The Morgan fingerprint density at radius 2 is 1.88 bits per heavy atom. The average molecular weight is 401 g/mol. The highest BCUT2D eigenvalue weighted by atomic mass is 35.5. The molecule has 2 aromatic rings. The number of carbonyl (C=O) groups excluding carboxylic acids is 1. The maximum absolute atomic E-state index is 12.9. The summed E-state index contributed by atoms with van der Waals surface area (Å²) in [5.41, 5.74) is 0.152. The van der Waals surface area contributed by atoms with Crippen LogP contribution in [0.3, 0.4) is 0 Å². The smallest absolute Gasteiger partial charge is 0.261 e. The predicted octanol–water partition coefficient (Wildman–Crippen LogP) is 2.78. The maximum atomic E-state index is 12.9. The molecule has 0 heterocycles. The molecule has 1 atom stereocenters. The molecule has 2 rings (SSSR count). The van der Waals surface area contributed by atoms with Gasteiger partial charge in [0.1, 0.15) is 5.82 Å². The van der Waals surface area contributed by atoms with Gasteiger partial charge in [-0.15, -0.1) is 0 Å². The van der Waals surface area contributed by atoms with Crippen molar-refractivity contribution in [3.8, 4) is 0 Å². The molecule has 3 N–H and O–H groups in total. The predicted molar refractivity (Wildman–Crippen MR) is 97.3 cm³/mol. The average Bonchev–Trinajstić information content (AvgIpc) is 2.61. The van der Waals surface area contributed by atoms with Gasteiger partial charge in [0, 0.05) is 5.69 Å². The van der Waals surface area contributed by atoms with E-state index in [2.05, 4.69) is 10.0 Å². The first-order valence-corrected chi connectivity index (χ1v) is 9.62. The summed E-state index contributed by atoms with van der Waals surface area (Å²) in [6, 6.07) is 8.05. The molecule has 26 heavy (non-hydrogen) atoms. The molecule has 0 aliphatic heterocycles. The monoisotopic (exact) mass is 400 g/mol. The van der Waals surface area contributed by atoms with E-state index >= 15 is 0 Å². The highest BCUT2D eigenvalue weighted by Crippen LogP contribution is 2.23. The fourth-order valence-electron chi connectivity index (χ4n) is 2.12. The number of carbonyl (C=O) groups is 1. The molecular formula is C17H18ClFN2O4S. The minimum Gasteiger partial charge on any atom is -0.394 e. The van der Waals surface area contributed by atoms with E-state index < -0.39 is 27.8 Å². The number of hydrogen-bond donors (Lipinski definition) is 3. The fraction of sp³-hybridized carbons (Fsp3) is 0.235. The summed E-state index contributed by atoms with van der Waals surface area (Å²) in [5.74, 6) is -1.08. The van der Waals surface area contributed by atoms with Crippen molar-refractivity contribution in [2.45, 2.75) is 24.3 Å². The first-order chi connectivity index (χ1) is 12.3. The Morgan fingerprint density at radius 1 is 1.23 bits per heavy atom. The SMILES string of the molecule is CCC(CO)NC(=O)c1cc(S(=O)(=O)Nc2ccc(F)cc2)ccc1Cl. The van der Waals surface area contributed by atoms with Crippen molar-refractivity contribution in [1.82, 2.24) is 5.32 Å².